The van der Waals surface area contributed by atoms with Crippen molar-refractivity contribution in [2.24, 2.45) is 11.5 Å². The number of primary amides is 1. The number of hydrogen-bond acceptors (Lipinski definition) is 6. The van der Waals surface area contributed by atoms with Gasteiger partial charge in [-0.3, -0.25) is 19.2 Å². The van der Waals surface area contributed by atoms with Gasteiger partial charge in [-0.1, -0.05) is 50.1 Å². The minimum atomic E-state index is -0.929. The van der Waals surface area contributed by atoms with E-state index in [2.05, 4.69) is 16.0 Å². The summed E-state index contributed by atoms with van der Waals surface area (Å²) in [6.45, 7) is 5.24. The van der Waals surface area contributed by atoms with Crippen LogP contribution in [0.5, 0.6) is 5.75 Å². The van der Waals surface area contributed by atoms with Crippen LogP contribution in [0.15, 0.2) is 42.5 Å². The van der Waals surface area contributed by atoms with Crippen LogP contribution in [0.3, 0.4) is 0 Å². The molecule has 2 aromatic carbocycles. The van der Waals surface area contributed by atoms with Gasteiger partial charge in [0.05, 0.1) is 12.6 Å². The van der Waals surface area contributed by atoms with E-state index >= 15 is 0 Å². The molecule has 4 amide bonds. The zero-order valence-electron chi connectivity index (χ0n) is 22.3. The van der Waals surface area contributed by atoms with Crippen LogP contribution in [-0.4, -0.2) is 53.4 Å². The van der Waals surface area contributed by atoms with Crippen LogP contribution in [0.2, 0.25) is 0 Å². The fourth-order valence-corrected chi connectivity index (χ4v) is 4.17. The molecule has 0 spiro atoms. The van der Waals surface area contributed by atoms with Crippen LogP contribution in [0.4, 0.5) is 0 Å². The lowest BCUT2D eigenvalue weighted by atomic mass is 9.95. The number of carbonyl (C=O) groups is 4. The quantitative estimate of drug-likeness (QED) is 0.213. The average molecular weight is 526 g/mol. The van der Waals surface area contributed by atoms with Crippen molar-refractivity contribution in [2.75, 3.05) is 6.54 Å². The van der Waals surface area contributed by atoms with Gasteiger partial charge in [-0.15, -0.1) is 0 Å². The first-order valence-corrected chi connectivity index (χ1v) is 12.8. The normalized spacial score (nSPS) is 13.2. The smallest absolute Gasteiger partial charge is 0.243 e. The summed E-state index contributed by atoms with van der Waals surface area (Å²) in [5.74, 6) is -2.13. The predicted molar refractivity (Wildman–Crippen MR) is 145 cm³/mol. The maximum Gasteiger partial charge on any atom is 0.243 e. The number of amides is 4. The summed E-state index contributed by atoms with van der Waals surface area (Å²) < 4.78 is 0. The number of aromatic hydroxyl groups is 1. The molecule has 0 saturated carbocycles. The molecule has 8 N–H and O–H groups in total. The van der Waals surface area contributed by atoms with E-state index < -0.39 is 41.8 Å². The minimum Gasteiger partial charge on any atom is -0.508 e. The van der Waals surface area contributed by atoms with Crippen LogP contribution < -0.4 is 27.4 Å². The number of aryl methyl sites for hydroxylation is 2. The van der Waals surface area contributed by atoms with Gasteiger partial charge in [-0.25, -0.2) is 0 Å². The average Bonchev–Trinajstić information content (AvgIpc) is 2.87. The van der Waals surface area contributed by atoms with E-state index in [0.717, 1.165) is 28.7 Å². The van der Waals surface area contributed by atoms with E-state index in [1.807, 2.05) is 51.1 Å². The first-order valence-electron chi connectivity index (χ1n) is 12.8. The van der Waals surface area contributed by atoms with Crippen molar-refractivity contribution >= 4 is 23.6 Å². The summed E-state index contributed by atoms with van der Waals surface area (Å²) in [7, 11) is 0. The Morgan fingerprint density at radius 3 is 2.13 bits per heavy atom. The summed E-state index contributed by atoms with van der Waals surface area (Å²) in [5, 5.41) is 17.5. The highest BCUT2D eigenvalue weighted by atomic mass is 16.3. The molecule has 0 fully saturated rings. The first-order chi connectivity index (χ1) is 18.0. The summed E-state index contributed by atoms with van der Waals surface area (Å²) >= 11 is 0. The van der Waals surface area contributed by atoms with Gasteiger partial charge < -0.3 is 32.5 Å². The van der Waals surface area contributed by atoms with E-state index in [-0.39, 0.29) is 25.1 Å². The van der Waals surface area contributed by atoms with Gasteiger partial charge in [-0.2, -0.15) is 0 Å². The van der Waals surface area contributed by atoms with E-state index in [0.29, 0.717) is 12.8 Å². The number of benzene rings is 2. The number of carbonyl (C=O) groups excluding carboxylic acids is 4. The monoisotopic (exact) mass is 525 g/mol. The fraction of sp³-hybridized carbons (Fsp3) is 0.429. The highest BCUT2D eigenvalue weighted by Gasteiger charge is 2.25. The molecule has 2 aromatic rings. The highest BCUT2D eigenvalue weighted by Crippen LogP contribution is 2.21. The second kappa shape index (κ2) is 14.7. The fourth-order valence-electron chi connectivity index (χ4n) is 4.17. The van der Waals surface area contributed by atoms with E-state index in [1.165, 1.54) is 0 Å². The molecule has 0 bridgehead atoms. The number of rotatable bonds is 14. The maximum absolute atomic E-state index is 12.9. The number of nitrogens with two attached hydrogens (primary N) is 2. The lowest BCUT2D eigenvalue weighted by Gasteiger charge is -2.22. The van der Waals surface area contributed by atoms with Gasteiger partial charge >= 0.3 is 0 Å². The Balaban J connectivity index is 1.96. The Labute approximate surface area is 223 Å². The molecule has 3 atom stereocenters. The van der Waals surface area contributed by atoms with Gasteiger partial charge in [0.15, 0.2) is 0 Å². The third-order valence-corrected chi connectivity index (χ3v) is 6.31. The summed E-state index contributed by atoms with van der Waals surface area (Å²) in [5.41, 5.74) is 14.9. The van der Waals surface area contributed by atoms with Crippen LogP contribution in [0, 0.1) is 13.8 Å². The molecular weight excluding hydrogens is 486 g/mol. The van der Waals surface area contributed by atoms with Crippen LogP contribution >= 0.6 is 0 Å². The maximum atomic E-state index is 12.9. The number of phenols is 1. The molecule has 0 aliphatic heterocycles. The van der Waals surface area contributed by atoms with Crippen molar-refractivity contribution < 1.29 is 24.3 Å². The molecule has 0 aromatic heterocycles. The summed E-state index contributed by atoms with van der Waals surface area (Å²) in [6, 6.07) is 9.62. The van der Waals surface area contributed by atoms with E-state index in [4.69, 9.17) is 11.5 Å². The second-order valence-corrected chi connectivity index (χ2v) is 9.50. The van der Waals surface area contributed by atoms with Crippen molar-refractivity contribution in [2.45, 2.75) is 71.0 Å². The molecule has 10 heteroatoms. The summed E-state index contributed by atoms with van der Waals surface area (Å²) in [4.78, 5) is 50.0. The Morgan fingerprint density at radius 1 is 0.921 bits per heavy atom. The molecule has 206 valence electrons. The molecule has 0 unspecified atom stereocenters. The molecule has 0 heterocycles. The van der Waals surface area contributed by atoms with Crippen molar-refractivity contribution in [3.8, 4) is 5.75 Å². The van der Waals surface area contributed by atoms with Gasteiger partial charge in [-0.05, 0) is 61.1 Å². The van der Waals surface area contributed by atoms with Gasteiger partial charge in [0.1, 0.15) is 17.8 Å². The van der Waals surface area contributed by atoms with Crippen LogP contribution in [0.25, 0.3) is 0 Å². The third kappa shape index (κ3) is 9.51. The summed E-state index contributed by atoms with van der Waals surface area (Å²) in [6.07, 6.45) is 2.32. The van der Waals surface area contributed by atoms with E-state index in [1.54, 1.807) is 12.1 Å². The first kappa shape index (κ1) is 30.3. The largest absolute Gasteiger partial charge is 0.508 e. The van der Waals surface area contributed by atoms with Crippen LogP contribution in [-0.2, 0) is 32.0 Å². The van der Waals surface area contributed by atoms with Gasteiger partial charge in [0, 0.05) is 6.42 Å². The zero-order valence-corrected chi connectivity index (χ0v) is 22.3. The Bertz CT molecular complexity index is 1100. The molecule has 0 aliphatic carbocycles. The molecular formula is C28H39N5O5. The zero-order chi connectivity index (χ0) is 28.2. The number of nitrogens with one attached hydrogen (secondary N) is 3. The molecule has 0 radical (unpaired) electrons. The standard InChI is InChI=1S/C28H39N5O5/c1-4-5-11-23(33-27(37)22(29)15-21-17(2)12-20(34)13-18(21)3)28(38)31-16-25(35)32-24(26(30)36)14-19-9-7-6-8-10-19/h6-10,12-13,22-24,34H,4-5,11,14-16,29H2,1-3H3,(H2,30,36)(H,31,38)(H,32,35)(H,33,37)/t22-,23+,24-/m0/s1. The van der Waals surface area contributed by atoms with Crippen molar-refractivity contribution in [3.63, 3.8) is 0 Å². The van der Waals surface area contributed by atoms with Crippen molar-refractivity contribution in [1.29, 1.82) is 0 Å². The number of phenolic OH excluding ortho intramolecular Hbond substituents is 1. The Morgan fingerprint density at radius 2 is 1.55 bits per heavy atom. The minimum absolute atomic E-state index is 0.143. The van der Waals surface area contributed by atoms with Crippen molar-refractivity contribution in [1.82, 2.24) is 16.0 Å². The second-order valence-electron chi connectivity index (χ2n) is 9.50. The highest BCUT2D eigenvalue weighted by molar-refractivity contribution is 5.93. The molecule has 0 saturated heterocycles. The van der Waals surface area contributed by atoms with Crippen LogP contribution in [0.1, 0.15) is 48.4 Å². The molecule has 0 aliphatic rings. The van der Waals surface area contributed by atoms with Gasteiger partial charge in [0.2, 0.25) is 23.6 Å². The van der Waals surface area contributed by atoms with Gasteiger partial charge in [0.25, 0.3) is 0 Å². The molecule has 10 nitrogen and oxygen atoms in total. The van der Waals surface area contributed by atoms with E-state index in [9.17, 15) is 24.3 Å². The third-order valence-electron chi connectivity index (χ3n) is 6.31. The molecule has 38 heavy (non-hydrogen) atoms. The Kier molecular flexibility index (Phi) is 11.7. The van der Waals surface area contributed by atoms with Crippen molar-refractivity contribution in [3.05, 3.63) is 64.7 Å². The number of hydrogen-bond donors (Lipinski definition) is 6. The lowest BCUT2D eigenvalue weighted by Crippen LogP contribution is -2.54. The lowest BCUT2D eigenvalue weighted by molar-refractivity contribution is -0.131. The topological polar surface area (TPSA) is 177 Å². The Hall–Kier alpha value is -3.92. The predicted octanol–water partition coefficient (Wildman–Crippen LogP) is 0.883. The number of unbranched alkanes of at least 4 members (excludes halogenated alkanes) is 1. The SMILES string of the molecule is CCCC[C@@H](NC(=O)[C@@H](N)Cc1c(C)cc(O)cc1C)C(=O)NCC(=O)N[C@@H](Cc1ccccc1)C(N)=O. The molecule has 2 rings (SSSR count).